The second-order valence-electron chi connectivity index (χ2n) is 4.69. The van der Waals surface area contributed by atoms with Crippen molar-refractivity contribution in [1.29, 1.82) is 0 Å². The van der Waals surface area contributed by atoms with E-state index in [-0.39, 0.29) is 5.91 Å². The molecule has 1 aliphatic rings. The Morgan fingerprint density at radius 1 is 1.19 bits per heavy atom. The third-order valence-corrected chi connectivity index (χ3v) is 3.46. The van der Waals surface area contributed by atoms with Crippen LogP contribution in [0.3, 0.4) is 0 Å². The number of carbonyl (C=O) groups is 1. The van der Waals surface area contributed by atoms with Crippen LogP contribution in [0, 0.1) is 0 Å². The van der Waals surface area contributed by atoms with E-state index < -0.39 is 0 Å². The molecule has 1 saturated heterocycles. The number of carbonyl (C=O) groups excluding carboxylic acids is 1. The van der Waals surface area contributed by atoms with E-state index in [1.807, 2.05) is 17.0 Å². The maximum atomic E-state index is 11.6. The van der Waals surface area contributed by atoms with Crippen molar-refractivity contribution in [3.63, 3.8) is 0 Å². The Labute approximate surface area is 121 Å². The van der Waals surface area contributed by atoms with Gasteiger partial charge >= 0.3 is 0 Å². The predicted molar refractivity (Wildman–Crippen MR) is 77.9 cm³/mol. The van der Waals surface area contributed by atoms with Gasteiger partial charge in [0.25, 0.3) is 0 Å². The number of hydrogen-bond acceptors (Lipinski definition) is 6. The van der Waals surface area contributed by atoms with Gasteiger partial charge in [-0.1, -0.05) is 0 Å². The highest BCUT2D eigenvalue weighted by atomic mass is 16.5. The van der Waals surface area contributed by atoms with E-state index in [2.05, 4.69) is 15.3 Å². The van der Waals surface area contributed by atoms with E-state index in [1.54, 1.807) is 14.2 Å². The van der Waals surface area contributed by atoms with Gasteiger partial charge < -0.3 is 19.7 Å². The monoisotopic (exact) mass is 288 g/mol. The average Bonchev–Trinajstić information content (AvgIpc) is 2.52. The van der Waals surface area contributed by atoms with Crippen molar-refractivity contribution in [3.05, 3.63) is 18.5 Å². The molecule has 0 unspecified atom stereocenters. The van der Waals surface area contributed by atoms with Crippen molar-refractivity contribution in [1.82, 2.24) is 15.3 Å². The average molecular weight is 288 g/mol. The van der Waals surface area contributed by atoms with Crippen LogP contribution < -0.4 is 19.7 Å². The second-order valence-corrected chi connectivity index (χ2v) is 4.69. The van der Waals surface area contributed by atoms with E-state index in [0.717, 1.165) is 16.7 Å². The number of rotatable bonds is 3. The Bertz CT molecular complexity index is 689. The molecule has 21 heavy (non-hydrogen) atoms. The molecule has 1 aliphatic heterocycles. The quantitative estimate of drug-likeness (QED) is 0.890. The molecule has 110 valence electrons. The maximum absolute atomic E-state index is 11.6. The number of ether oxygens (including phenoxy) is 2. The van der Waals surface area contributed by atoms with Gasteiger partial charge in [0.15, 0.2) is 11.5 Å². The van der Waals surface area contributed by atoms with Crippen LogP contribution in [0.2, 0.25) is 0 Å². The topological polar surface area (TPSA) is 76.6 Å². The Morgan fingerprint density at radius 2 is 1.95 bits per heavy atom. The summed E-state index contributed by atoms with van der Waals surface area (Å²) in [4.78, 5) is 22.1. The standard InChI is InChI=1S/C14H16N4O3/c1-20-11-5-9-10(6-12(11)21-2)16-8-17-14(9)18-4-3-15-13(19)7-18/h5-6,8H,3-4,7H2,1-2H3,(H,15,19). The largest absolute Gasteiger partial charge is 0.493 e. The lowest BCUT2D eigenvalue weighted by atomic mass is 10.2. The van der Waals surface area contributed by atoms with Crippen LogP contribution in [0.15, 0.2) is 18.5 Å². The van der Waals surface area contributed by atoms with Gasteiger partial charge in [0, 0.05) is 24.5 Å². The molecular formula is C14H16N4O3. The summed E-state index contributed by atoms with van der Waals surface area (Å²) in [6, 6.07) is 3.65. The normalized spacial score (nSPS) is 15.0. The number of aromatic nitrogens is 2. The molecule has 3 rings (SSSR count). The van der Waals surface area contributed by atoms with Crippen molar-refractivity contribution in [3.8, 4) is 11.5 Å². The first-order valence-electron chi connectivity index (χ1n) is 6.61. The van der Waals surface area contributed by atoms with Crippen LogP contribution in [-0.4, -0.2) is 49.7 Å². The lowest BCUT2D eigenvalue weighted by molar-refractivity contribution is -0.120. The second kappa shape index (κ2) is 5.43. The first-order valence-corrected chi connectivity index (χ1v) is 6.61. The number of fused-ring (bicyclic) bond motifs is 1. The molecule has 1 aromatic heterocycles. The zero-order chi connectivity index (χ0) is 14.8. The smallest absolute Gasteiger partial charge is 0.239 e. The third-order valence-electron chi connectivity index (χ3n) is 3.46. The number of nitrogens with zero attached hydrogens (tertiary/aromatic N) is 3. The summed E-state index contributed by atoms with van der Waals surface area (Å²) in [5.41, 5.74) is 0.753. The number of amides is 1. The fourth-order valence-corrected chi connectivity index (χ4v) is 2.44. The van der Waals surface area contributed by atoms with Crippen molar-refractivity contribution in [2.75, 3.05) is 38.8 Å². The molecule has 0 saturated carbocycles. The Balaban J connectivity index is 2.12. The minimum absolute atomic E-state index is 0.00603. The molecule has 1 N–H and O–H groups in total. The zero-order valence-electron chi connectivity index (χ0n) is 11.9. The van der Waals surface area contributed by atoms with Gasteiger partial charge in [0.2, 0.25) is 5.91 Å². The van der Waals surface area contributed by atoms with Crippen molar-refractivity contribution >= 4 is 22.6 Å². The summed E-state index contributed by atoms with van der Waals surface area (Å²) >= 11 is 0. The summed E-state index contributed by atoms with van der Waals surface area (Å²) in [5, 5.41) is 3.64. The fourth-order valence-electron chi connectivity index (χ4n) is 2.44. The number of benzene rings is 1. The highest BCUT2D eigenvalue weighted by molar-refractivity contribution is 5.94. The molecule has 0 radical (unpaired) electrons. The molecule has 0 aliphatic carbocycles. The van der Waals surface area contributed by atoms with E-state index in [9.17, 15) is 4.79 Å². The molecule has 1 fully saturated rings. The number of nitrogens with one attached hydrogen (secondary N) is 1. The molecule has 0 spiro atoms. The zero-order valence-corrected chi connectivity index (χ0v) is 11.9. The van der Waals surface area contributed by atoms with E-state index in [1.165, 1.54) is 6.33 Å². The summed E-state index contributed by atoms with van der Waals surface area (Å²) in [5.74, 6) is 1.96. The molecule has 2 aromatic rings. The third kappa shape index (κ3) is 2.42. The lowest BCUT2D eigenvalue weighted by Gasteiger charge is -2.28. The summed E-state index contributed by atoms with van der Waals surface area (Å²) in [7, 11) is 3.17. The molecule has 7 heteroatoms. The van der Waals surface area contributed by atoms with E-state index >= 15 is 0 Å². The lowest BCUT2D eigenvalue weighted by Crippen LogP contribution is -2.48. The van der Waals surface area contributed by atoms with Gasteiger partial charge in [0.1, 0.15) is 12.1 Å². The highest BCUT2D eigenvalue weighted by Gasteiger charge is 2.20. The van der Waals surface area contributed by atoms with Gasteiger partial charge in [-0.15, -0.1) is 0 Å². The predicted octanol–water partition coefficient (Wildman–Crippen LogP) is 0.583. The van der Waals surface area contributed by atoms with Crippen molar-refractivity contribution in [2.45, 2.75) is 0 Å². The minimum atomic E-state index is -0.00603. The Morgan fingerprint density at radius 3 is 2.67 bits per heavy atom. The molecule has 1 aromatic carbocycles. The first kappa shape index (κ1) is 13.4. The molecule has 0 atom stereocenters. The van der Waals surface area contributed by atoms with Gasteiger partial charge in [-0.25, -0.2) is 9.97 Å². The SMILES string of the molecule is COc1cc2ncnc(N3CCNC(=O)C3)c2cc1OC. The summed E-state index contributed by atoms with van der Waals surface area (Å²) in [6.07, 6.45) is 1.50. The Hall–Kier alpha value is -2.57. The van der Waals surface area contributed by atoms with Crippen LogP contribution >= 0.6 is 0 Å². The van der Waals surface area contributed by atoms with Gasteiger partial charge in [-0.2, -0.15) is 0 Å². The number of anilines is 1. The fraction of sp³-hybridized carbons (Fsp3) is 0.357. The number of hydrogen-bond donors (Lipinski definition) is 1. The van der Waals surface area contributed by atoms with Crippen LogP contribution in [0.1, 0.15) is 0 Å². The van der Waals surface area contributed by atoms with Crippen molar-refractivity contribution in [2.24, 2.45) is 0 Å². The molecule has 1 amide bonds. The van der Waals surface area contributed by atoms with E-state index in [0.29, 0.717) is 31.1 Å². The Kier molecular flexibility index (Phi) is 3.47. The van der Waals surface area contributed by atoms with Crippen LogP contribution in [-0.2, 0) is 4.79 Å². The van der Waals surface area contributed by atoms with Gasteiger partial charge in [-0.3, -0.25) is 4.79 Å². The number of methoxy groups -OCH3 is 2. The van der Waals surface area contributed by atoms with Crippen LogP contribution in [0.5, 0.6) is 11.5 Å². The van der Waals surface area contributed by atoms with Crippen LogP contribution in [0.4, 0.5) is 5.82 Å². The first-order chi connectivity index (χ1) is 10.2. The van der Waals surface area contributed by atoms with Crippen molar-refractivity contribution < 1.29 is 14.3 Å². The molecule has 7 nitrogen and oxygen atoms in total. The van der Waals surface area contributed by atoms with Crippen LogP contribution in [0.25, 0.3) is 10.9 Å². The maximum Gasteiger partial charge on any atom is 0.239 e. The minimum Gasteiger partial charge on any atom is -0.493 e. The van der Waals surface area contributed by atoms with Gasteiger partial charge in [0.05, 0.1) is 26.3 Å². The summed E-state index contributed by atoms with van der Waals surface area (Å²) < 4.78 is 10.6. The summed E-state index contributed by atoms with van der Waals surface area (Å²) in [6.45, 7) is 1.62. The molecule has 0 bridgehead atoms. The molecular weight excluding hydrogens is 272 g/mol. The number of piperazine rings is 1. The molecule has 2 heterocycles. The highest BCUT2D eigenvalue weighted by Crippen LogP contribution is 2.34. The van der Waals surface area contributed by atoms with E-state index in [4.69, 9.17) is 9.47 Å². The van der Waals surface area contributed by atoms with Gasteiger partial charge in [-0.05, 0) is 6.07 Å².